The highest BCUT2D eigenvalue weighted by Gasteiger charge is 2.19. The fourth-order valence-corrected chi connectivity index (χ4v) is 1.26. The summed E-state index contributed by atoms with van der Waals surface area (Å²) in [4.78, 5) is 15.6. The fraction of sp³-hybridized carbons (Fsp3) is 0.500. The molecule has 16 heavy (non-hydrogen) atoms. The Morgan fingerprint density at radius 2 is 2.19 bits per heavy atom. The minimum absolute atomic E-state index is 0.147. The van der Waals surface area contributed by atoms with Crippen molar-refractivity contribution < 1.29 is 9.53 Å². The molecule has 0 aliphatic heterocycles. The van der Waals surface area contributed by atoms with Crippen molar-refractivity contribution in [2.45, 2.75) is 38.8 Å². The van der Waals surface area contributed by atoms with Crippen LogP contribution >= 0.6 is 0 Å². The molecule has 0 fully saturated rings. The van der Waals surface area contributed by atoms with Crippen LogP contribution in [0.5, 0.6) is 0 Å². The van der Waals surface area contributed by atoms with Gasteiger partial charge in [0.2, 0.25) is 0 Å². The van der Waals surface area contributed by atoms with Crippen molar-refractivity contribution in [3.05, 3.63) is 30.1 Å². The summed E-state index contributed by atoms with van der Waals surface area (Å²) in [6.07, 6.45) is 1.80. The van der Waals surface area contributed by atoms with Crippen LogP contribution in [0.25, 0.3) is 0 Å². The first-order valence-electron chi connectivity index (χ1n) is 5.27. The van der Waals surface area contributed by atoms with Gasteiger partial charge in [-0.1, -0.05) is 6.07 Å². The Bertz CT molecular complexity index is 344. The van der Waals surface area contributed by atoms with Gasteiger partial charge < -0.3 is 10.5 Å². The molecular weight excluding hydrogens is 204 g/mol. The largest absolute Gasteiger partial charge is 0.460 e. The Kier molecular flexibility index (Phi) is 4.01. The van der Waals surface area contributed by atoms with Gasteiger partial charge in [0, 0.05) is 6.20 Å². The number of rotatable bonds is 3. The van der Waals surface area contributed by atoms with Crippen LogP contribution in [0.15, 0.2) is 24.4 Å². The summed E-state index contributed by atoms with van der Waals surface area (Å²) < 4.78 is 5.18. The molecule has 0 saturated carbocycles. The first kappa shape index (κ1) is 12.6. The average molecular weight is 222 g/mol. The first-order chi connectivity index (χ1) is 7.38. The predicted octanol–water partition coefficient (Wildman–Crippen LogP) is 1.81. The van der Waals surface area contributed by atoms with E-state index in [4.69, 9.17) is 10.5 Å². The molecule has 88 valence electrons. The topological polar surface area (TPSA) is 65.2 Å². The number of hydrogen-bond acceptors (Lipinski definition) is 4. The van der Waals surface area contributed by atoms with Crippen molar-refractivity contribution in [3.8, 4) is 0 Å². The average Bonchev–Trinajstić information content (AvgIpc) is 2.16. The second kappa shape index (κ2) is 5.07. The molecule has 0 aromatic carbocycles. The molecule has 4 nitrogen and oxygen atoms in total. The Hall–Kier alpha value is -1.42. The quantitative estimate of drug-likeness (QED) is 0.792. The van der Waals surface area contributed by atoms with Crippen LogP contribution < -0.4 is 5.73 Å². The van der Waals surface area contributed by atoms with E-state index in [1.165, 1.54) is 0 Å². The van der Waals surface area contributed by atoms with E-state index in [-0.39, 0.29) is 12.4 Å². The lowest BCUT2D eigenvalue weighted by Gasteiger charge is -2.20. The van der Waals surface area contributed by atoms with Gasteiger partial charge in [-0.3, -0.25) is 9.78 Å². The molecule has 1 heterocycles. The highest BCUT2D eigenvalue weighted by molar-refractivity contribution is 5.70. The molecule has 0 saturated heterocycles. The minimum atomic E-state index is -0.471. The smallest absolute Gasteiger partial charge is 0.308 e. The number of nitrogens with zero attached hydrogens (tertiary/aromatic N) is 1. The molecule has 0 aliphatic rings. The van der Waals surface area contributed by atoms with Gasteiger partial charge in [-0.05, 0) is 32.9 Å². The number of nitrogens with two attached hydrogens (primary N) is 1. The normalized spacial score (nSPS) is 13.2. The predicted molar refractivity (Wildman–Crippen MR) is 61.6 cm³/mol. The molecule has 0 spiro atoms. The van der Waals surface area contributed by atoms with Gasteiger partial charge >= 0.3 is 5.97 Å². The van der Waals surface area contributed by atoms with Crippen LogP contribution in [0, 0.1) is 0 Å². The number of pyridine rings is 1. The summed E-state index contributed by atoms with van der Waals surface area (Å²) in [5, 5.41) is 0. The summed E-state index contributed by atoms with van der Waals surface area (Å²) in [5.74, 6) is -0.300. The summed E-state index contributed by atoms with van der Waals surface area (Å²) in [5.41, 5.74) is 6.08. The number of carbonyl (C=O) groups is 1. The van der Waals surface area contributed by atoms with E-state index in [0.29, 0.717) is 5.69 Å². The third kappa shape index (κ3) is 4.40. The van der Waals surface area contributed by atoms with Gasteiger partial charge in [0.1, 0.15) is 5.60 Å². The molecule has 1 atom stereocenters. The Balaban J connectivity index is 2.52. The van der Waals surface area contributed by atoms with E-state index in [9.17, 15) is 4.79 Å². The Labute approximate surface area is 95.8 Å². The van der Waals surface area contributed by atoms with E-state index >= 15 is 0 Å². The SMILES string of the molecule is CC(C)(C)OC(=O)C[C@H](N)c1ccccn1. The lowest BCUT2D eigenvalue weighted by atomic mass is 10.1. The summed E-state index contributed by atoms with van der Waals surface area (Å²) >= 11 is 0. The number of aromatic nitrogens is 1. The van der Waals surface area contributed by atoms with Gasteiger partial charge in [-0.25, -0.2) is 0 Å². The lowest BCUT2D eigenvalue weighted by molar-refractivity contribution is -0.155. The van der Waals surface area contributed by atoms with Gasteiger partial charge in [0.25, 0.3) is 0 Å². The van der Waals surface area contributed by atoms with Crippen molar-refractivity contribution in [1.82, 2.24) is 4.98 Å². The summed E-state index contributed by atoms with van der Waals surface area (Å²) in [6.45, 7) is 5.49. The van der Waals surface area contributed by atoms with Crippen LogP contribution in [0.1, 0.15) is 38.9 Å². The van der Waals surface area contributed by atoms with Gasteiger partial charge in [-0.15, -0.1) is 0 Å². The second-order valence-corrected chi connectivity index (χ2v) is 4.65. The first-order valence-corrected chi connectivity index (χ1v) is 5.27. The number of esters is 1. The van der Waals surface area contributed by atoms with Crippen molar-refractivity contribution in [1.29, 1.82) is 0 Å². The standard InChI is InChI=1S/C12H18N2O2/c1-12(2,3)16-11(15)8-9(13)10-6-4-5-7-14-10/h4-7,9H,8,13H2,1-3H3/t9-/m0/s1. The Morgan fingerprint density at radius 1 is 1.50 bits per heavy atom. The molecule has 1 rings (SSSR count). The fourth-order valence-electron chi connectivity index (χ4n) is 1.26. The molecule has 4 heteroatoms. The zero-order valence-electron chi connectivity index (χ0n) is 9.93. The molecule has 0 radical (unpaired) electrons. The van der Waals surface area contributed by atoms with Crippen LogP contribution in [0.2, 0.25) is 0 Å². The minimum Gasteiger partial charge on any atom is -0.460 e. The van der Waals surface area contributed by atoms with Crippen LogP contribution in [-0.4, -0.2) is 16.6 Å². The maximum Gasteiger partial charge on any atom is 0.308 e. The molecule has 1 aromatic rings. The highest BCUT2D eigenvalue weighted by Crippen LogP contribution is 2.14. The summed E-state index contributed by atoms with van der Waals surface area (Å²) in [7, 11) is 0. The molecule has 0 unspecified atom stereocenters. The zero-order chi connectivity index (χ0) is 12.2. The highest BCUT2D eigenvalue weighted by atomic mass is 16.6. The second-order valence-electron chi connectivity index (χ2n) is 4.65. The third-order valence-electron chi connectivity index (χ3n) is 1.87. The number of hydrogen-bond donors (Lipinski definition) is 1. The van der Waals surface area contributed by atoms with Crippen molar-refractivity contribution >= 4 is 5.97 Å². The van der Waals surface area contributed by atoms with Gasteiger partial charge in [-0.2, -0.15) is 0 Å². The number of ether oxygens (including phenoxy) is 1. The van der Waals surface area contributed by atoms with E-state index in [1.54, 1.807) is 12.3 Å². The molecule has 0 aliphatic carbocycles. The van der Waals surface area contributed by atoms with Gasteiger partial charge in [0.05, 0.1) is 18.2 Å². The van der Waals surface area contributed by atoms with Crippen LogP contribution in [-0.2, 0) is 9.53 Å². The van der Waals surface area contributed by atoms with E-state index in [1.807, 2.05) is 32.9 Å². The lowest BCUT2D eigenvalue weighted by Crippen LogP contribution is -2.26. The molecule has 1 aromatic heterocycles. The van der Waals surface area contributed by atoms with E-state index < -0.39 is 11.6 Å². The van der Waals surface area contributed by atoms with E-state index in [0.717, 1.165) is 0 Å². The zero-order valence-corrected chi connectivity index (χ0v) is 9.93. The third-order valence-corrected chi connectivity index (χ3v) is 1.87. The molecule has 0 amide bonds. The monoisotopic (exact) mass is 222 g/mol. The Morgan fingerprint density at radius 3 is 2.69 bits per heavy atom. The van der Waals surface area contributed by atoms with Crippen LogP contribution in [0.4, 0.5) is 0 Å². The molecule has 0 bridgehead atoms. The molecular formula is C12H18N2O2. The van der Waals surface area contributed by atoms with E-state index in [2.05, 4.69) is 4.98 Å². The maximum absolute atomic E-state index is 11.5. The van der Waals surface area contributed by atoms with Crippen LogP contribution in [0.3, 0.4) is 0 Å². The van der Waals surface area contributed by atoms with Crippen molar-refractivity contribution in [3.63, 3.8) is 0 Å². The maximum atomic E-state index is 11.5. The number of carbonyl (C=O) groups excluding carboxylic acids is 1. The van der Waals surface area contributed by atoms with Gasteiger partial charge in [0.15, 0.2) is 0 Å². The molecule has 2 N–H and O–H groups in total. The van der Waals surface area contributed by atoms with Crippen molar-refractivity contribution in [2.24, 2.45) is 5.73 Å². The van der Waals surface area contributed by atoms with Crippen molar-refractivity contribution in [2.75, 3.05) is 0 Å². The summed E-state index contributed by atoms with van der Waals surface area (Å²) in [6, 6.07) is 5.05.